The number of hydrogen-bond acceptors (Lipinski definition) is 4. The summed E-state index contributed by atoms with van der Waals surface area (Å²) in [6.45, 7) is 8.33. The summed E-state index contributed by atoms with van der Waals surface area (Å²) < 4.78 is 11.5. The lowest BCUT2D eigenvalue weighted by molar-refractivity contribution is 0.165. The van der Waals surface area contributed by atoms with Crippen molar-refractivity contribution in [2.45, 2.75) is 13.5 Å². The molecule has 0 spiro atoms. The number of benzene rings is 1. The van der Waals surface area contributed by atoms with Crippen LogP contribution in [0.1, 0.15) is 11.1 Å². The molecule has 4 nitrogen and oxygen atoms in total. The molecular formula is C14H19ClN2O2. The van der Waals surface area contributed by atoms with Gasteiger partial charge in [-0.25, -0.2) is 0 Å². The number of rotatable bonds is 2. The summed E-state index contributed by atoms with van der Waals surface area (Å²) in [5.74, 6) is 1.67. The third-order valence-corrected chi connectivity index (χ3v) is 4.14. The molecule has 1 N–H and O–H groups in total. The average molecular weight is 283 g/mol. The SMILES string of the molecule is Cc1c(Cl)cc2c(c1CN1CCNCC1)OCCO2. The van der Waals surface area contributed by atoms with Crippen LogP contribution >= 0.6 is 11.6 Å². The van der Waals surface area contributed by atoms with E-state index >= 15 is 0 Å². The van der Waals surface area contributed by atoms with E-state index in [1.54, 1.807) is 0 Å². The molecule has 1 saturated heterocycles. The quantitative estimate of drug-likeness (QED) is 0.897. The minimum atomic E-state index is 0.597. The van der Waals surface area contributed by atoms with Crippen molar-refractivity contribution in [1.29, 1.82) is 0 Å². The van der Waals surface area contributed by atoms with E-state index in [2.05, 4.69) is 17.1 Å². The van der Waals surface area contributed by atoms with Crippen molar-refractivity contribution in [2.24, 2.45) is 0 Å². The summed E-state index contributed by atoms with van der Waals surface area (Å²) in [4.78, 5) is 2.42. The van der Waals surface area contributed by atoms with Gasteiger partial charge in [-0.1, -0.05) is 11.6 Å². The molecule has 19 heavy (non-hydrogen) atoms. The first-order valence-corrected chi connectivity index (χ1v) is 7.14. The third-order valence-electron chi connectivity index (χ3n) is 3.75. The Balaban J connectivity index is 1.91. The lowest BCUT2D eigenvalue weighted by atomic mass is 10.1. The first-order chi connectivity index (χ1) is 9.25. The fourth-order valence-electron chi connectivity index (χ4n) is 2.60. The van der Waals surface area contributed by atoms with Gasteiger partial charge in [0.1, 0.15) is 13.2 Å². The van der Waals surface area contributed by atoms with Crippen molar-refractivity contribution in [3.8, 4) is 11.5 Å². The number of nitrogens with zero attached hydrogens (tertiary/aromatic N) is 1. The summed E-state index contributed by atoms with van der Waals surface area (Å²) in [6, 6.07) is 1.87. The molecular weight excluding hydrogens is 264 g/mol. The molecule has 0 aliphatic carbocycles. The first kappa shape index (κ1) is 13.0. The Morgan fingerprint density at radius 2 is 2.00 bits per heavy atom. The molecule has 0 atom stereocenters. The van der Waals surface area contributed by atoms with E-state index in [0.29, 0.717) is 13.2 Å². The highest BCUT2D eigenvalue weighted by atomic mass is 35.5. The van der Waals surface area contributed by atoms with E-state index in [1.165, 1.54) is 5.56 Å². The summed E-state index contributed by atoms with van der Waals surface area (Å²) in [5.41, 5.74) is 2.27. The van der Waals surface area contributed by atoms with Crippen LogP contribution in [-0.4, -0.2) is 44.3 Å². The largest absolute Gasteiger partial charge is 0.486 e. The van der Waals surface area contributed by atoms with Gasteiger partial charge in [0.25, 0.3) is 0 Å². The van der Waals surface area contributed by atoms with Gasteiger partial charge in [-0.05, 0) is 12.5 Å². The van der Waals surface area contributed by atoms with E-state index in [-0.39, 0.29) is 0 Å². The topological polar surface area (TPSA) is 33.7 Å². The number of hydrogen-bond donors (Lipinski definition) is 1. The summed E-state index contributed by atoms with van der Waals surface area (Å²) in [5, 5.41) is 4.12. The zero-order valence-corrected chi connectivity index (χ0v) is 11.9. The van der Waals surface area contributed by atoms with Gasteiger partial charge < -0.3 is 14.8 Å². The van der Waals surface area contributed by atoms with Crippen LogP contribution in [0.5, 0.6) is 11.5 Å². The van der Waals surface area contributed by atoms with Gasteiger partial charge in [0.2, 0.25) is 0 Å². The van der Waals surface area contributed by atoms with E-state index < -0.39 is 0 Å². The second-order valence-corrected chi connectivity index (χ2v) is 5.42. The van der Waals surface area contributed by atoms with Gasteiger partial charge in [0.05, 0.1) is 0 Å². The molecule has 1 aromatic rings. The minimum absolute atomic E-state index is 0.597. The maximum atomic E-state index is 6.30. The zero-order valence-electron chi connectivity index (χ0n) is 11.2. The van der Waals surface area contributed by atoms with Crippen molar-refractivity contribution in [3.05, 3.63) is 22.2 Å². The Morgan fingerprint density at radius 1 is 1.26 bits per heavy atom. The van der Waals surface area contributed by atoms with E-state index in [1.807, 2.05) is 6.07 Å². The van der Waals surface area contributed by atoms with Crippen LogP contribution in [0.15, 0.2) is 6.07 Å². The van der Waals surface area contributed by atoms with Gasteiger partial charge >= 0.3 is 0 Å². The highest BCUT2D eigenvalue weighted by molar-refractivity contribution is 6.31. The molecule has 1 aromatic carbocycles. The van der Waals surface area contributed by atoms with Crippen LogP contribution in [0.25, 0.3) is 0 Å². The van der Waals surface area contributed by atoms with Crippen LogP contribution in [0.2, 0.25) is 5.02 Å². The van der Waals surface area contributed by atoms with Crippen LogP contribution < -0.4 is 14.8 Å². The van der Waals surface area contributed by atoms with Crippen LogP contribution in [0.3, 0.4) is 0 Å². The van der Waals surface area contributed by atoms with E-state index in [9.17, 15) is 0 Å². The van der Waals surface area contributed by atoms with Crippen LogP contribution in [0.4, 0.5) is 0 Å². The second-order valence-electron chi connectivity index (χ2n) is 5.01. The first-order valence-electron chi connectivity index (χ1n) is 6.76. The Labute approximate surface area is 118 Å². The Bertz CT molecular complexity index is 473. The summed E-state index contributed by atoms with van der Waals surface area (Å²) in [6.07, 6.45) is 0. The normalized spacial score (nSPS) is 19.5. The number of fused-ring (bicyclic) bond motifs is 1. The standard InChI is InChI=1S/C14H19ClN2O2/c1-10-11(9-17-4-2-16-3-5-17)14-13(8-12(10)15)18-6-7-19-14/h8,16H,2-7,9H2,1H3. The van der Waals surface area contributed by atoms with Crippen molar-refractivity contribution >= 4 is 11.6 Å². The molecule has 3 rings (SSSR count). The summed E-state index contributed by atoms with van der Waals surface area (Å²) >= 11 is 6.30. The molecule has 2 aliphatic rings. The molecule has 0 saturated carbocycles. The lowest BCUT2D eigenvalue weighted by Crippen LogP contribution is -2.43. The lowest BCUT2D eigenvalue weighted by Gasteiger charge is -2.30. The van der Waals surface area contributed by atoms with Gasteiger partial charge in [-0.2, -0.15) is 0 Å². The molecule has 2 heterocycles. The maximum Gasteiger partial charge on any atom is 0.166 e. The third kappa shape index (κ3) is 2.66. The highest BCUT2D eigenvalue weighted by Gasteiger charge is 2.22. The predicted molar refractivity (Wildman–Crippen MR) is 75.3 cm³/mol. The maximum absolute atomic E-state index is 6.30. The molecule has 2 aliphatic heterocycles. The van der Waals surface area contributed by atoms with Crippen LogP contribution in [0, 0.1) is 6.92 Å². The highest BCUT2D eigenvalue weighted by Crippen LogP contribution is 2.40. The predicted octanol–water partition coefficient (Wildman–Crippen LogP) is 1.82. The fraction of sp³-hybridized carbons (Fsp3) is 0.571. The van der Waals surface area contributed by atoms with Crippen LogP contribution in [-0.2, 0) is 6.54 Å². The van der Waals surface area contributed by atoms with E-state index in [4.69, 9.17) is 21.1 Å². The Hall–Kier alpha value is -0.970. The molecule has 0 bridgehead atoms. The van der Waals surface area contributed by atoms with Crippen molar-refractivity contribution < 1.29 is 9.47 Å². The smallest absolute Gasteiger partial charge is 0.166 e. The molecule has 1 fully saturated rings. The van der Waals surface area contributed by atoms with E-state index in [0.717, 1.165) is 54.8 Å². The molecule has 0 aromatic heterocycles. The zero-order chi connectivity index (χ0) is 13.2. The Morgan fingerprint density at radius 3 is 2.79 bits per heavy atom. The van der Waals surface area contributed by atoms with Gasteiger partial charge in [-0.3, -0.25) is 4.90 Å². The summed E-state index contributed by atoms with van der Waals surface area (Å²) in [7, 11) is 0. The molecule has 0 radical (unpaired) electrons. The van der Waals surface area contributed by atoms with Gasteiger partial charge in [0, 0.05) is 49.4 Å². The minimum Gasteiger partial charge on any atom is -0.486 e. The second kappa shape index (κ2) is 5.57. The monoisotopic (exact) mass is 282 g/mol. The Kier molecular flexibility index (Phi) is 3.82. The van der Waals surface area contributed by atoms with Crippen molar-refractivity contribution in [2.75, 3.05) is 39.4 Å². The number of halogens is 1. The average Bonchev–Trinajstić information content (AvgIpc) is 2.45. The number of ether oxygens (including phenoxy) is 2. The number of piperazine rings is 1. The molecule has 0 unspecified atom stereocenters. The van der Waals surface area contributed by atoms with Gasteiger partial charge in [0.15, 0.2) is 11.5 Å². The molecule has 0 amide bonds. The van der Waals surface area contributed by atoms with Gasteiger partial charge in [-0.15, -0.1) is 0 Å². The number of nitrogens with one attached hydrogen (secondary N) is 1. The molecule has 104 valence electrons. The molecule has 5 heteroatoms. The fourth-order valence-corrected chi connectivity index (χ4v) is 2.81. The van der Waals surface area contributed by atoms with Crippen molar-refractivity contribution in [1.82, 2.24) is 10.2 Å². The van der Waals surface area contributed by atoms with Crippen molar-refractivity contribution in [3.63, 3.8) is 0 Å².